The van der Waals surface area contributed by atoms with E-state index >= 15 is 0 Å². The van der Waals surface area contributed by atoms with E-state index in [2.05, 4.69) is 10.3 Å². The Labute approximate surface area is 142 Å². The zero-order valence-electron chi connectivity index (χ0n) is 13.5. The molecule has 3 rings (SSSR count). The van der Waals surface area contributed by atoms with E-state index in [1.165, 1.54) is 0 Å². The smallest absolute Gasteiger partial charge is 0.336 e. The number of rotatable bonds is 3. The average molecular weight is 362 g/mol. The van der Waals surface area contributed by atoms with Gasteiger partial charge in [-0.1, -0.05) is 0 Å². The lowest BCUT2D eigenvalue weighted by Gasteiger charge is -2.41. The molecule has 134 valence electrons. The van der Waals surface area contributed by atoms with Gasteiger partial charge in [0.1, 0.15) is 0 Å². The molecule has 2 aliphatic rings. The van der Waals surface area contributed by atoms with Gasteiger partial charge in [0.15, 0.2) is 5.69 Å². The van der Waals surface area contributed by atoms with Gasteiger partial charge in [-0.05, 0) is 26.3 Å². The molecule has 0 aliphatic carbocycles. The normalized spacial score (nSPS) is 23.8. The third-order valence-corrected chi connectivity index (χ3v) is 5.44. The molecule has 1 atom stereocenters. The molecule has 2 saturated heterocycles. The molecule has 1 aromatic rings. The van der Waals surface area contributed by atoms with Crippen molar-refractivity contribution in [2.45, 2.75) is 38.5 Å². The van der Waals surface area contributed by atoms with E-state index in [1.54, 1.807) is 6.92 Å². The van der Waals surface area contributed by atoms with Gasteiger partial charge in [-0.2, -0.15) is 13.2 Å². The van der Waals surface area contributed by atoms with E-state index in [-0.39, 0.29) is 23.4 Å². The third kappa shape index (κ3) is 3.89. The number of halogens is 3. The molecule has 0 saturated carbocycles. The van der Waals surface area contributed by atoms with Crippen LogP contribution in [0.4, 0.5) is 13.2 Å². The summed E-state index contributed by atoms with van der Waals surface area (Å²) in [6.45, 7) is 5.02. The first kappa shape index (κ1) is 17.6. The summed E-state index contributed by atoms with van der Waals surface area (Å²) in [6, 6.07) is 0.0942. The number of piperidine rings is 1. The number of hydrogen-bond acceptors (Lipinski definition) is 5. The van der Waals surface area contributed by atoms with Gasteiger partial charge in [0.05, 0.1) is 16.4 Å². The van der Waals surface area contributed by atoms with E-state index in [4.69, 9.17) is 0 Å². The fourth-order valence-corrected chi connectivity index (χ4v) is 4.44. The Kier molecular flexibility index (Phi) is 5.12. The molecule has 3 heterocycles. The fourth-order valence-electron chi connectivity index (χ4n) is 3.44. The van der Waals surface area contributed by atoms with Gasteiger partial charge < -0.3 is 10.2 Å². The van der Waals surface area contributed by atoms with Crippen LogP contribution in [0.1, 0.15) is 28.4 Å². The van der Waals surface area contributed by atoms with Gasteiger partial charge in [-0.25, -0.2) is 4.98 Å². The number of carbonyl (C=O) groups excluding carboxylic acids is 1. The number of aromatic nitrogens is 1. The number of thiazole rings is 1. The highest BCUT2D eigenvalue weighted by Gasteiger charge is 2.38. The molecule has 0 bridgehead atoms. The second-order valence-electron chi connectivity index (χ2n) is 6.30. The number of alkyl halides is 3. The number of nitrogens with zero attached hydrogens (tertiary/aromatic N) is 3. The molecule has 1 unspecified atom stereocenters. The lowest BCUT2D eigenvalue weighted by molar-refractivity contribution is -0.141. The van der Waals surface area contributed by atoms with Gasteiger partial charge >= 0.3 is 6.18 Å². The average Bonchev–Trinajstić information content (AvgIpc) is 2.89. The Morgan fingerprint density at radius 3 is 2.88 bits per heavy atom. The van der Waals surface area contributed by atoms with E-state index in [0.717, 1.165) is 37.3 Å². The molecule has 0 spiro atoms. The zero-order chi connectivity index (χ0) is 17.3. The molecule has 9 heteroatoms. The van der Waals surface area contributed by atoms with E-state index < -0.39 is 11.9 Å². The van der Waals surface area contributed by atoms with E-state index in [0.29, 0.717) is 24.6 Å². The number of hydrogen-bond donors (Lipinski definition) is 1. The van der Waals surface area contributed by atoms with Crippen LogP contribution in [0.5, 0.6) is 0 Å². The van der Waals surface area contributed by atoms with Crippen LogP contribution in [0.25, 0.3) is 0 Å². The number of nitrogens with one attached hydrogen (secondary N) is 1. The highest BCUT2D eigenvalue weighted by Crippen LogP contribution is 2.35. The van der Waals surface area contributed by atoms with E-state index in [9.17, 15) is 18.0 Å². The quantitative estimate of drug-likeness (QED) is 0.892. The Balaban J connectivity index is 1.69. The van der Waals surface area contributed by atoms with Crippen molar-refractivity contribution in [3.63, 3.8) is 0 Å². The maximum absolute atomic E-state index is 13.1. The highest BCUT2D eigenvalue weighted by atomic mass is 32.1. The molecule has 1 N–H and O–H groups in total. The lowest BCUT2D eigenvalue weighted by atomic mass is 10.0. The van der Waals surface area contributed by atoms with Crippen molar-refractivity contribution in [2.24, 2.45) is 0 Å². The summed E-state index contributed by atoms with van der Waals surface area (Å²) in [5.74, 6) is 0.0812. The molecule has 0 aromatic carbocycles. The van der Waals surface area contributed by atoms with Crippen LogP contribution < -0.4 is 5.32 Å². The van der Waals surface area contributed by atoms with Crippen LogP contribution in [0, 0.1) is 6.92 Å². The Bertz CT molecular complexity index is 604. The minimum atomic E-state index is -4.41. The van der Waals surface area contributed by atoms with Crippen LogP contribution >= 0.6 is 11.3 Å². The summed E-state index contributed by atoms with van der Waals surface area (Å²) in [6.07, 6.45) is -2.61. The van der Waals surface area contributed by atoms with Crippen molar-refractivity contribution in [1.29, 1.82) is 0 Å². The molecule has 2 fully saturated rings. The van der Waals surface area contributed by atoms with Gasteiger partial charge in [-0.3, -0.25) is 9.69 Å². The summed E-state index contributed by atoms with van der Waals surface area (Å²) in [4.78, 5) is 19.9. The van der Waals surface area contributed by atoms with Gasteiger partial charge in [0, 0.05) is 32.2 Å². The molecular formula is C15H21F3N4OS. The zero-order valence-corrected chi connectivity index (χ0v) is 14.3. The van der Waals surface area contributed by atoms with Gasteiger partial charge in [0.2, 0.25) is 5.91 Å². The molecule has 1 amide bonds. The Morgan fingerprint density at radius 1 is 1.38 bits per heavy atom. The summed E-state index contributed by atoms with van der Waals surface area (Å²) in [5.41, 5.74) is -0.759. The summed E-state index contributed by atoms with van der Waals surface area (Å²) in [5, 5.41) is 3.48. The van der Waals surface area contributed by atoms with Crippen molar-refractivity contribution in [3.8, 4) is 0 Å². The number of aryl methyl sites for hydroxylation is 1. The molecule has 2 aliphatic heterocycles. The minimum Gasteiger partial charge on any atom is -0.336 e. The number of likely N-dealkylation sites (tertiary alicyclic amines) is 1. The predicted octanol–water partition coefficient (Wildman–Crippen LogP) is 1.87. The number of piperazine rings is 1. The van der Waals surface area contributed by atoms with E-state index in [1.807, 2.05) is 9.80 Å². The van der Waals surface area contributed by atoms with Crippen LogP contribution in [0.15, 0.2) is 0 Å². The summed E-state index contributed by atoms with van der Waals surface area (Å²) in [7, 11) is 0. The van der Waals surface area contributed by atoms with Crippen LogP contribution in [0.3, 0.4) is 0 Å². The van der Waals surface area contributed by atoms with Crippen LogP contribution in [-0.4, -0.2) is 59.5 Å². The summed E-state index contributed by atoms with van der Waals surface area (Å²) >= 11 is 1.11. The SMILES string of the molecule is Cc1nc(C(F)(F)F)c(CN2CCCC(N3CCNCC3=O)C2)s1. The predicted molar refractivity (Wildman–Crippen MR) is 84.7 cm³/mol. The first-order valence-corrected chi connectivity index (χ1v) is 8.92. The standard InChI is InChI=1S/C15H21F3N4OS/c1-10-20-14(15(16,17)18)12(24-10)9-21-5-2-3-11(8-21)22-6-4-19-7-13(22)23/h11,19H,2-9H2,1H3. The van der Waals surface area contributed by atoms with Crippen molar-refractivity contribution < 1.29 is 18.0 Å². The second kappa shape index (κ2) is 6.97. The maximum atomic E-state index is 13.1. The van der Waals surface area contributed by atoms with Crippen molar-refractivity contribution in [1.82, 2.24) is 20.1 Å². The molecular weight excluding hydrogens is 341 g/mol. The molecule has 1 aromatic heterocycles. The number of amides is 1. The van der Waals surface area contributed by atoms with Crippen molar-refractivity contribution in [3.05, 3.63) is 15.6 Å². The van der Waals surface area contributed by atoms with Crippen LogP contribution in [0.2, 0.25) is 0 Å². The largest absolute Gasteiger partial charge is 0.434 e. The molecule has 0 radical (unpaired) electrons. The topological polar surface area (TPSA) is 48.5 Å². The van der Waals surface area contributed by atoms with Crippen molar-refractivity contribution >= 4 is 17.2 Å². The van der Waals surface area contributed by atoms with Gasteiger partial charge in [-0.15, -0.1) is 11.3 Å². The second-order valence-corrected chi connectivity index (χ2v) is 7.59. The highest BCUT2D eigenvalue weighted by molar-refractivity contribution is 7.11. The summed E-state index contributed by atoms with van der Waals surface area (Å²) < 4.78 is 39.3. The monoisotopic (exact) mass is 362 g/mol. The molecule has 24 heavy (non-hydrogen) atoms. The van der Waals surface area contributed by atoms with Crippen molar-refractivity contribution in [2.75, 3.05) is 32.7 Å². The first-order chi connectivity index (χ1) is 11.3. The van der Waals surface area contributed by atoms with Crippen LogP contribution in [-0.2, 0) is 17.5 Å². The Hall–Kier alpha value is -1.19. The fraction of sp³-hybridized carbons (Fsp3) is 0.733. The maximum Gasteiger partial charge on any atom is 0.434 e. The first-order valence-electron chi connectivity index (χ1n) is 8.10. The molecule has 5 nitrogen and oxygen atoms in total. The minimum absolute atomic E-state index is 0.0812. The lowest BCUT2D eigenvalue weighted by Crippen LogP contribution is -2.56. The third-order valence-electron chi connectivity index (χ3n) is 4.49. The van der Waals surface area contributed by atoms with Gasteiger partial charge in [0.25, 0.3) is 0 Å². The number of carbonyl (C=O) groups is 1. The Morgan fingerprint density at radius 2 is 2.17 bits per heavy atom.